The largest absolute Gasteiger partial charge is 1.00 e. The van der Waals surface area contributed by atoms with Crippen LogP contribution in [0.3, 0.4) is 0 Å². The summed E-state index contributed by atoms with van der Waals surface area (Å²) < 4.78 is 1.49. The first-order valence-electron chi connectivity index (χ1n) is 12.7. The molecule has 4 heteroatoms. The zero-order valence-corrected chi connectivity index (χ0v) is 27.5. The number of allylic oxidation sites excluding steroid dienone is 2. The minimum absolute atomic E-state index is 0. The Kier molecular flexibility index (Phi) is 8.78. The predicted molar refractivity (Wildman–Crippen MR) is 147 cm³/mol. The van der Waals surface area contributed by atoms with Crippen molar-refractivity contribution in [2.24, 2.45) is 0 Å². The van der Waals surface area contributed by atoms with Crippen LogP contribution in [0.4, 0.5) is 0 Å². The SMILES string of the molecule is CCC1=Cc2c(ccc3ccccc23)[CH]1[Zr+2]([CH]1C(CC)=Cc2c1ccc1ccccc21)=[Ge]([CH3])[CH3].[Cl-].[Cl-]. The predicted octanol–water partition coefficient (Wildman–Crippen LogP) is 3.27. The molecule has 0 nitrogen and oxygen atoms in total. The topological polar surface area (TPSA) is 0 Å². The van der Waals surface area contributed by atoms with Gasteiger partial charge in [-0.05, 0) is 0 Å². The van der Waals surface area contributed by atoms with Gasteiger partial charge in [-0.3, -0.25) is 0 Å². The van der Waals surface area contributed by atoms with Crippen LogP contribution in [0, 0.1) is 0 Å². The second kappa shape index (κ2) is 11.3. The van der Waals surface area contributed by atoms with E-state index in [0.717, 1.165) is 7.25 Å². The van der Waals surface area contributed by atoms with Crippen LogP contribution < -0.4 is 24.8 Å². The standard InChI is InChI=1S/2C15H13.C2H6Ge.2ClH.Zr/c2*1-2-11-9-13-8-7-12-5-3-4-6-14(12)15(13)10-11;1-3-2;;;/h2*3-10H,2H2,1H3;1-2H3;2*1H;/q;;;;;+2/p-2. The molecule has 4 aromatic rings. The van der Waals surface area contributed by atoms with Crippen molar-refractivity contribution in [2.45, 2.75) is 45.5 Å². The summed E-state index contributed by atoms with van der Waals surface area (Å²) >= 11 is -1.95. The van der Waals surface area contributed by atoms with Gasteiger partial charge < -0.3 is 24.8 Å². The number of hydrogen-bond donors (Lipinski definition) is 0. The van der Waals surface area contributed by atoms with E-state index >= 15 is 0 Å². The van der Waals surface area contributed by atoms with Gasteiger partial charge in [-0.25, -0.2) is 0 Å². The second-order valence-corrected chi connectivity index (χ2v) is 39.3. The van der Waals surface area contributed by atoms with Crippen LogP contribution in [0.2, 0.25) is 11.5 Å². The quantitative estimate of drug-likeness (QED) is 0.298. The molecule has 6 rings (SSSR count). The van der Waals surface area contributed by atoms with Crippen molar-refractivity contribution < 1.29 is 43.4 Å². The molecule has 0 bridgehead atoms. The summed E-state index contributed by atoms with van der Waals surface area (Å²) in [6.07, 6.45) is 7.59. The molecule has 0 aromatic heterocycles. The summed E-state index contributed by atoms with van der Waals surface area (Å²) in [7, 11) is -1.14. The van der Waals surface area contributed by atoms with E-state index in [4.69, 9.17) is 0 Å². The molecule has 0 N–H and O–H groups in total. The molecule has 4 aromatic carbocycles. The van der Waals surface area contributed by atoms with Gasteiger partial charge in [0, 0.05) is 0 Å². The van der Waals surface area contributed by atoms with Crippen LogP contribution in [0.5, 0.6) is 0 Å². The Morgan fingerprint density at radius 1 is 0.611 bits per heavy atom. The maximum Gasteiger partial charge on any atom is -1.00 e. The molecule has 0 spiro atoms. The molecule has 0 saturated heterocycles. The van der Waals surface area contributed by atoms with Gasteiger partial charge in [0.05, 0.1) is 0 Å². The molecule has 0 radical (unpaired) electrons. The second-order valence-electron chi connectivity index (χ2n) is 10.0. The molecule has 36 heavy (non-hydrogen) atoms. The third kappa shape index (κ3) is 4.43. The van der Waals surface area contributed by atoms with Gasteiger partial charge >= 0.3 is 214 Å². The zero-order chi connectivity index (χ0) is 23.4. The number of benzene rings is 4. The van der Waals surface area contributed by atoms with E-state index in [1.54, 1.807) is 22.3 Å². The zero-order valence-electron chi connectivity index (χ0n) is 21.4. The summed E-state index contributed by atoms with van der Waals surface area (Å²) in [4.78, 5) is 0. The van der Waals surface area contributed by atoms with Gasteiger partial charge in [-0.1, -0.05) is 0 Å². The molecule has 182 valence electrons. The molecule has 2 aliphatic carbocycles. The fourth-order valence-electron chi connectivity index (χ4n) is 6.48. The Morgan fingerprint density at radius 3 is 1.42 bits per heavy atom. The first-order valence-corrected chi connectivity index (χ1v) is 27.2. The van der Waals surface area contributed by atoms with Crippen LogP contribution in [0.25, 0.3) is 33.7 Å². The third-order valence-corrected chi connectivity index (χ3v) is 38.8. The Labute approximate surface area is 236 Å². The van der Waals surface area contributed by atoms with Crippen LogP contribution >= 0.6 is 0 Å². The van der Waals surface area contributed by atoms with Gasteiger partial charge in [0.1, 0.15) is 0 Å². The average molecular weight is 651 g/mol. The summed E-state index contributed by atoms with van der Waals surface area (Å²) in [5.41, 5.74) is 9.89. The molecule has 0 aliphatic heterocycles. The normalized spacial score (nSPS) is 17.3. The van der Waals surface area contributed by atoms with Gasteiger partial charge in [-0.2, -0.15) is 0 Å². The first kappa shape index (κ1) is 27.9. The van der Waals surface area contributed by atoms with E-state index in [-0.39, 0.29) is 24.8 Å². The molecule has 2 unspecified atom stereocenters. The maximum atomic E-state index is 2.70. The number of halogens is 2. The summed E-state index contributed by atoms with van der Waals surface area (Å²) in [6, 6.07) is 27.8. The molecule has 0 saturated carbocycles. The molecule has 2 atom stereocenters. The van der Waals surface area contributed by atoms with Crippen molar-refractivity contribution in [1.29, 1.82) is 0 Å². The van der Waals surface area contributed by atoms with Crippen molar-refractivity contribution >= 4 is 43.7 Å². The molecular formula is C32H32Cl2GeZr. The molecule has 0 fully saturated rings. The van der Waals surface area contributed by atoms with E-state index in [9.17, 15) is 0 Å². The van der Waals surface area contributed by atoms with Crippen molar-refractivity contribution in [3.05, 3.63) is 106 Å². The third-order valence-electron chi connectivity index (χ3n) is 8.05. The number of fused-ring (bicyclic) bond motifs is 6. The summed E-state index contributed by atoms with van der Waals surface area (Å²) in [6.45, 7) is 4.79. The van der Waals surface area contributed by atoms with Crippen LogP contribution in [0.15, 0.2) is 83.9 Å². The Morgan fingerprint density at radius 2 is 1.03 bits per heavy atom. The van der Waals surface area contributed by atoms with E-state index < -0.39 is 28.6 Å². The molecule has 2 aliphatic rings. The van der Waals surface area contributed by atoms with Crippen LogP contribution in [0.1, 0.15) is 56.2 Å². The Hall–Kier alpha value is -1.11. The van der Waals surface area contributed by atoms with Crippen LogP contribution in [-0.4, -0.2) is 9.98 Å². The van der Waals surface area contributed by atoms with E-state index in [1.807, 2.05) is 0 Å². The first-order chi connectivity index (χ1) is 16.6. The van der Waals surface area contributed by atoms with E-state index in [2.05, 4.69) is 110 Å². The van der Waals surface area contributed by atoms with Gasteiger partial charge in [0.25, 0.3) is 0 Å². The monoisotopic (exact) mass is 650 g/mol. The molecule has 0 heterocycles. The summed E-state index contributed by atoms with van der Waals surface area (Å²) in [5, 5.41) is 5.67. The van der Waals surface area contributed by atoms with Crippen molar-refractivity contribution in [3.63, 3.8) is 0 Å². The van der Waals surface area contributed by atoms with E-state index in [1.165, 1.54) is 45.5 Å². The number of rotatable bonds is 4. The fraction of sp³-hybridized carbons (Fsp3) is 0.250. The molecule has 0 amide bonds. The van der Waals surface area contributed by atoms with Gasteiger partial charge in [0.2, 0.25) is 0 Å². The maximum absolute atomic E-state index is 2.70. The van der Waals surface area contributed by atoms with Crippen molar-refractivity contribution in [2.75, 3.05) is 0 Å². The molecular weight excluding hydrogens is 619 g/mol. The Balaban J connectivity index is 0.00000152. The van der Waals surface area contributed by atoms with Crippen LogP contribution in [-0.2, 0) is 18.6 Å². The minimum Gasteiger partial charge on any atom is -1.00 e. The van der Waals surface area contributed by atoms with Gasteiger partial charge in [-0.15, -0.1) is 0 Å². The average Bonchev–Trinajstić information content (AvgIpc) is 3.43. The fourth-order valence-corrected chi connectivity index (χ4v) is 39.2. The van der Waals surface area contributed by atoms with Crippen molar-refractivity contribution in [1.82, 2.24) is 0 Å². The smallest absolute Gasteiger partial charge is 1.00 e. The van der Waals surface area contributed by atoms with Crippen molar-refractivity contribution in [3.8, 4) is 0 Å². The Bertz CT molecular complexity index is 1450. The van der Waals surface area contributed by atoms with E-state index in [0.29, 0.717) is 0 Å². The summed E-state index contributed by atoms with van der Waals surface area (Å²) in [5.74, 6) is 5.40. The number of hydrogen-bond acceptors (Lipinski definition) is 0. The van der Waals surface area contributed by atoms with Gasteiger partial charge in [0.15, 0.2) is 0 Å². The minimum atomic E-state index is -1.95.